The normalized spacial score (nSPS) is 19.7. The topological polar surface area (TPSA) is 69.9 Å². The molecule has 1 aromatic carbocycles. The van der Waals surface area contributed by atoms with Crippen LogP contribution < -0.4 is 5.73 Å². The fourth-order valence-corrected chi connectivity index (χ4v) is 4.14. The van der Waals surface area contributed by atoms with Gasteiger partial charge in [-0.3, -0.25) is 14.5 Å². The Morgan fingerprint density at radius 3 is 2.00 bits per heavy atom. The summed E-state index contributed by atoms with van der Waals surface area (Å²) in [5, 5.41) is 0. The molecule has 6 nitrogen and oxygen atoms in total. The highest BCUT2D eigenvalue weighted by Crippen LogP contribution is 2.21. The molecule has 0 radical (unpaired) electrons. The highest BCUT2D eigenvalue weighted by Gasteiger charge is 2.30. The predicted molar refractivity (Wildman–Crippen MR) is 125 cm³/mol. The average molecular weight is 459 g/mol. The van der Waals surface area contributed by atoms with Crippen LogP contribution in [0.15, 0.2) is 30.3 Å². The summed E-state index contributed by atoms with van der Waals surface area (Å²) in [6.07, 6.45) is 4.70. The van der Waals surface area contributed by atoms with Crippen LogP contribution in [0.1, 0.15) is 44.2 Å². The predicted octanol–water partition coefficient (Wildman–Crippen LogP) is 2.71. The van der Waals surface area contributed by atoms with E-state index in [4.69, 9.17) is 5.73 Å². The van der Waals surface area contributed by atoms with Gasteiger partial charge in [-0.05, 0) is 18.4 Å². The van der Waals surface area contributed by atoms with E-state index in [0.29, 0.717) is 19.6 Å². The Hall–Kier alpha value is -1.34. The van der Waals surface area contributed by atoms with Crippen LogP contribution in [-0.4, -0.2) is 72.3 Å². The van der Waals surface area contributed by atoms with Crippen molar-refractivity contribution < 1.29 is 9.59 Å². The largest absolute Gasteiger partial charge is 0.342 e. The van der Waals surface area contributed by atoms with Crippen LogP contribution >= 0.6 is 24.8 Å². The van der Waals surface area contributed by atoms with Crippen LogP contribution in [0.25, 0.3) is 0 Å². The molecular weight excluding hydrogens is 423 g/mol. The lowest BCUT2D eigenvalue weighted by Gasteiger charge is -2.37. The molecule has 2 aliphatic heterocycles. The van der Waals surface area contributed by atoms with Crippen molar-refractivity contribution in [1.82, 2.24) is 14.7 Å². The summed E-state index contributed by atoms with van der Waals surface area (Å²) >= 11 is 0. The van der Waals surface area contributed by atoms with Gasteiger partial charge in [0.25, 0.3) is 0 Å². The number of halogens is 2. The molecule has 0 aromatic heterocycles. The SMILES string of the molecule is CC(C(=O)N1CCN(CC(=O)N2CCCCCC2)CC1)C(N)c1ccccc1.Cl.Cl. The third-order valence-electron chi connectivity index (χ3n) is 6.11. The fraction of sp³-hybridized carbons (Fsp3) is 0.636. The number of hydrogen-bond donors (Lipinski definition) is 1. The van der Waals surface area contributed by atoms with Crippen molar-refractivity contribution in [1.29, 1.82) is 0 Å². The van der Waals surface area contributed by atoms with Crippen LogP contribution in [0.4, 0.5) is 0 Å². The van der Waals surface area contributed by atoms with Gasteiger partial charge < -0.3 is 15.5 Å². The van der Waals surface area contributed by atoms with Gasteiger partial charge in [0.1, 0.15) is 0 Å². The number of amides is 2. The van der Waals surface area contributed by atoms with E-state index in [-0.39, 0.29) is 48.6 Å². The van der Waals surface area contributed by atoms with Crippen LogP contribution in [0.5, 0.6) is 0 Å². The van der Waals surface area contributed by atoms with Crippen molar-refractivity contribution >= 4 is 36.6 Å². The first kappa shape index (κ1) is 26.7. The van der Waals surface area contributed by atoms with E-state index in [0.717, 1.165) is 44.6 Å². The number of hydrogen-bond acceptors (Lipinski definition) is 4. The monoisotopic (exact) mass is 458 g/mol. The highest BCUT2D eigenvalue weighted by atomic mass is 35.5. The summed E-state index contributed by atoms with van der Waals surface area (Å²) in [5.74, 6) is 0.0867. The molecule has 2 atom stereocenters. The van der Waals surface area contributed by atoms with Gasteiger partial charge >= 0.3 is 0 Å². The molecule has 8 heteroatoms. The molecule has 2 unspecified atom stereocenters. The summed E-state index contributed by atoms with van der Waals surface area (Å²) in [6.45, 7) is 7.00. The molecule has 30 heavy (non-hydrogen) atoms. The van der Waals surface area contributed by atoms with Crippen molar-refractivity contribution in [3.05, 3.63) is 35.9 Å². The number of carbonyl (C=O) groups excluding carboxylic acids is 2. The number of nitrogens with zero attached hydrogens (tertiary/aromatic N) is 3. The number of likely N-dealkylation sites (tertiary alicyclic amines) is 1. The standard InChI is InChI=1S/C22H34N4O2.2ClH/c1-18(21(23)19-9-5-4-6-10-19)22(28)26-15-13-24(14-16-26)17-20(27)25-11-7-2-3-8-12-25;;/h4-6,9-10,18,21H,2-3,7-8,11-17,23H2,1H3;2*1H. The Bertz CT molecular complexity index is 646. The molecule has 2 N–H and O–H groups in total. The van der Waals surface area contributed by atoms with E-state index in [1.165, 1.54) is 12.8 Å². The minimum absolute atomic E-state index is 0. The molecule has 0 spiro atoms. The van der Waals surface area contributed by atoms with Crippen LogP contribution in [0, 0.1) is 5.92 Å². The Kier molecular flexibility index (Phi) is 11.7. The minimum Gasteiger partial charge on any atom is -0.342 e. The summed E-state index contributed by atoms with van der Waals surface area (Å²) in [4.78, 5) is 31.6. The lowest BCUT2D eigenvalue weighted by molar-refractivity contribution is -0.138. The number of rotatable bonds is 5. The van der Waals surface area contributed by atoms with Gasteiger partial charge in [0, 0.05) is 45.3 Å². The maximum absolute atomic E-state index is 12.9. The van der Waals surface area contributed by atoms with E-state index in [9.17, 15) is 9.59 Å². The van der Waals surface area contributed by atoms with Gasteiger partial charge in [-0.2, -0.15) is 0 Å². The zero-order valence-corrected chi connectivity index (χ0v) is 19.5. The lowest BCUT2D eigenvalue weighted by Crippen LogP contribution is -2.53. The third-order valence-corrected chi connectivity index (χ3v) is 6.11. The summed E-state index contributed by atoms with van der Waals surface area (Å²) in [6, 6.07) is 9.51. The second-order valence-corrected chi connectivity index (χ2v) is 8.12. The van der Waals surface area contributed by atoms with Crippen LogP contribution in [0.3, 0.4) is 0 Å². The van der Waals surface area contributed by atoms with Crippen molar-refractivity contribution in [3.63, 3.8) is 0 Å². The number of benzene rings is 1. The Morgan fingerprint density at radius 1 is 0.867 bits per heavy atom. The van der Waals surface area contributed by atoms with E-state index in [1.54, 1.807) is 0 Å². The first-order chi connectivity index (χ1) is 13.6. The second-order valence-electron chi connectivity index (χ2n) is 8.12. The summed E-state index contributed by atoms with van der Waals surface area (Å²) in [7, 11) is 0. The third kappa shape index (κ3) is 7.12. The number of piperazine rings is 1. The Balaban J connectivity index is 0.00000225. The molecule has 3 rings (SSSR count). The van der Waals surface area contributed by atoms with Gasteiger partial charge in [-0.15, -0.1) is 24.8 Å². The molecule has 1 aromatic rings. The molecule has 2 heterocycles. The molecule has 2 fully saturated rings. The lowest BCUT2D eigenvalue weighted by atomic mass is 9.94. The molecule has 0 aliphatic carbocycles. The van der Waals surface area contributed by atoms with E-state index in [1.807, 2.05) is 47.1 Å². The number of nitrogens with two attached hydrogens (primary N) is 1. The van der Waals surface area contributed by atoms with Crippen molar-refractivity contribution in [3.8, 4) is 0 Å². The Labute approximate surface area is 193 Å². The van der Waals surface area contributed by atoms with Crippen molar-refractivity contribution in [2.24, 2.45) is 11.7 Å². The highest BCUT2D eigenvalue weighted by molar-refractivity contribution is 5.85. The Morgan fingerprint density at radius 2 is 1.43 bits per heavy atom. The molecule has 2 saturated heterocycles. The maximum atomic E-state index is 12.9. The summed E-state index contributed by atoms with van der Waals surface area (Å²) < 4.78 is 0. The molecule has 2 amide bonds. The zero-order valence-electron chi connectivity index (χ0n) is 17.9. The van der Waals surface area contributed by atoms with E-state index in [2.05, 4.69) is 4.90 Å². The van der Waals surface area contributed by atoms with Gasteiger partial charge in [0.05, 0.1) is 12.5 Å². The van der Waals surface area contributed by atoms with E-state index >= 15 is 0 Å². The molecule has 0 bridgehead atoms. The van der Waals surface area contributed by atoms with Gasteiger partial charge in [0.2, 0.25) is 11.8 Å². The van der Waals surface area contributed by atoms with Crippen molar-refractivity contribution in [2.45, 2.75) is 38.6 Å². The van der Waals surface area contributed by atoms with Crippen LogP contribution in [0.2, 0.25) is 0 Å². The smallest absolute Gasteiger partial charge is 0.236 e. The molecular formula is C22H36Cl2N4O2. The first-order valence-electron chi connectivity index (χ1n) is 10.7. The van der Waals surface area contributed by atoms with Gasteiger partial charge in [0.15, 0.2) is 0 Å². The summed E-state index contributed by atoms with van der Waals surface area (Å²) in [5.41, 5.74) is 7.32. The molecule has 170 valence electrons. The fourth-order valence-electron chi connectivity index (χ4n) is 4.14. The van der Waals surface area contributed by atoms with E-state index < -0.39 is 0 Å². The molecule has 0 saturated carbocycles. The van der Waals surface area contributed by atoms with Gasteiger partial charge in [-0.1, -0.05) is 50.1 Å². The van der Waals surface area contributed by atoms with Crippen molar-refractivity contribution in [2.75, 3.05) is 45.8 Å². The average Bonchev–Trinajstić information content (AvgIpc) is 3.03. The van der Waals surface area contributed by atoms with Gasteiger partial charge in [-0.25, -0.2) is 0 Å². The van der Waals surface area contributed by atoms with Crippen LogP contribution in [-0.2, 0) is 9.59 Å². The number of carbonyl (C=O) groups is 2. The first-order valence-corrected chi connectivity index (χ1v) is 10.7. The maximum Gasteiger partial charge on any atom is 0.236 e. The molecule has 2 aliphatic rings. The zero-order chi connectivity index (χ0) is 19.9. The second kappa shape index (κ2) is 13.2. The minimum atomic E-state index is -0.295. The quantitative estimate of drug-likeness (QED) is 0.735.